The number of carbonyl (C=O) groups is 1. The molecule has 3 nitrogen and oxygen atoms in total. The average Bonchev–Trinajstić information content (AvgIpc) is 2.09. The molecule has 1 atom stereocenters. The first-order valence-electron chi connectivity index (χ1n) is 5.62. The normalized spacial score (nSPS) is 20.1. The molecular formula is C11H23NO2Si. The van der Waals surface area contributed by atoms with Crippen LogP contribution in [0.2, 0.25) is 18.1 Å². The summed E-state index contributed by atoms with van der Waals surface area (Å²) in [6.07, 6.45) is 0.657. The minimum atomic E-state index is -1.72. The molecule has 0 saturated carbocycles. The number of aliphatic hydroxyl groups is 1. The fourth-order valence-electron chi connectivity index (χ4n) is 1.49. The van der Waals surface area contributed by atoms with Crippen molar-refractivity contribution in [3.8, 4) is 0 Å². The van der Waals surface area contributed by atoms with Gasteiger partial charge in [0, 0.05) is 19.5 Å². The molecule has 88 valence electrons. The van der Waals surface area contributed by atoms with Gasteiger partial charge in [-0.15, -0.1) is 0 Å². The summed E-state index contributed by atoms with van der Waals surface area (Å²) in [5.74, 6) is 0.188. The first-order chi connectivity index (χ1) is 6.66. The Labute approximate surface area is 93.5 Å². The van der Waals surface area contributed by atoms with Crippen molar-refractivity contribution in [1.82, 2.24) is 4.90 Å². The van der Waals surface area contributed by atoms with Crippen molar-refractivity contribution in [2.45, 2.75) is 51.1 Å². The number of carbonyl (C=O) groups excluding carboxylic acids is 1. The van der Waals surface area contributed by atoms with Gasteiger partial charge in [-0.1, -0.05) is 33.9 Å². The molecule has 4 heteroatoms. The second kappa shape index (κ2) is 3.90. The van der Waals surface area contributed by atoms with Gasteiger partial charge in [0.15, 0.2) is 0 Å². The molecule has 0 spiro atoms. The zero-order valence-corrected chi connectivity index (χ0v) is 11.5. The Bertz CT molecular complexity index is 258. The summed E-state index contributed by atoms with van der Waals surface area (Å²) < 4.78 is 0. The van der Waals surface area contributed by atoms with E-state index in [0.717, 1.165) is 6.54 Å². The molecule has 1 heterocycles. The Hall–Kier alpha value is -0.353. The van der Waals surface area contributed by atoms with Crippen molar-refractivity contribution < 1.29 is 9.90 Å². The highest BCUT2D eigenvalue weighted by Gasteiger charge is 2.43. The monoisotopic (exact) mass is 229 g/mol. The van der Waals surface area contributed by atoms with Gasteiger partial charge in [0.05, 0.1) is 13.8 Å². The van der Waals surface area contributed by atoms with E-state index in [1.807, 2.05) is 0 Å². The molecule has 1 fully saturated rings. The maximum atomic E-state index is 11.2. The number of likely N-dealkylation sites (tertiary alicyclic amines) is 1. The lowest BCUT2D eigenvalue weighted by Gasteiger charge is -2.43. The fourth-order valence-corrected chi connectivity index (χ4v) is 3.17. The molecule has 15 heavy (non-hydrogen) atoms. The zero-order valence-electron chi connectivity index (χ0n) is 10.5. The van der Waals surface area contributed by atoms with Crippen molar-refractivity contribution in [3.05, 3.63) is 0 Å². The molecule has 1 saturated heterocycles. The Balaban J connectivity index is 2.59. The van der Waals surface area contributed by atoms with Crippen LogP contribution in [0.25, 0.3) is 0 Å². The van der Waals surface area contributed by atoms with Crippen LogP contribution in [0.5, 0.6) is 0 Å². The van der Waals surface area contributed by atoms with Crippen LogP contribution >= 0.6 is 0 Å². The Morgan fingerprint density at radius 1 is 1.47 bits per heavy atom. The van der Waals surface area contributed by atoms with Gasteiger partial charge < -0.3 is 10.0 Å². The Morgan fingerprint density at radius 3 is 2.27 bits per heavy atom. The van der Waals surface area contributed by atoms with Gasteiger partial charge in [-0.2, -0.15) is 0 Å². The number of aliphatic hydroxyl groups excluding tert-OH is 1. The summed E-state index contributed by atoms with van der Waals surface area (Å²) in [5, 5.41) is 10.4. The number of amides is 1. The summed E-state index contributed by atoms with van der Waals surface area (Å²) >= 11 is 0. The fraction of sp³-hybridized carbons (Fsp3) is 0.909. The van der Waals surface area contributed by atoms with Crippen LogP contribution in [0.4, 0.5) is 0 Å². The van der Waals surface area contributed by atoms with Crippen LogP contribution in [-0.4, -0.2) is 42.8 Å². The van der Waals surface area contributed by atoms with Gasteiger partial charge >= 0.3 is 0 Å². The van der Waals surface area contributed by atoms with E-state index in [2.05, 4.69) is 33.9 Å². The maximum Gasteiger partial charge on any atom is 0.224 e. The summed E-state index contributed by atoms with van der Waals surface area (Å²) in [5.41, 5.74) is -0.318. The number of β-amino-alcohol motifs (C(OH)–C–C–N with tert-alkyl or cyclic N) is 1. The second-order valence-electron chi connectivity index (χ2n) is 6.08. The average molecular weight is 229 g/mol. The standard InChI is InChI=1S/C11H23NO2Si/c1-11(2,3)15(4,5)10(14)8-12-7-6-9(12)13/h10,14H,6-8H2,1-5H3. The van der Waals surface area contributed by atoms with Gasteiger partial charge in [0.1, 0.15) is 0 Å². The molecule has 0 aromatic carbocycles. The smallest absolute Gasteiger partial charge is 0.224 e. The first-order valence-corrected chi connectivity index (χ1v) is 8.70. The molecule has 0 aromatic heterocycles. The van der Waals surface area contributed by atoms with Gasteiger partial charge in [-0.05, 0) is 5.04 Å². The third-order valence-electron chi connectivity index (χ3n) is 4.11. The minimum absolute atomic E-state index is 0.167. The predicted octanol–water partition coefficient (Wildman–Crippen LogP) is 1.63. The van der Waals surface area contributed by atoms with Crippen LogP contribution < -0.4 is 0 Å². The van der Waals surface area contributed by atoms with E-state index in [0.29, 0.717) is 13.0 Å². The molecule has 0 aromatic rings. The summed E-state index contributed by atoms with van der Waals surface area (Å²) in [6, 6.07) is 0. The van der Waals surface area contributed by atoms with E-state index in [1.54, 1.807) is 4.90 Å². The summed E-state index contributed by atoms with van der Waals surface area (Å²) in [7, 11) is -1.72. The van der Waals surface area contributed by atoms with Crippen LogP contribution in [0.3, 0.4) is 0 Å². The number of β-lactam (4-membered cyclic amide) rings is 1. The lowest BCUT2D eigenvalue weighted by molar-refractivity contribution is -0.140. The van der Waals surface area contributed by atoms with Crippen molar-refractivity contribution in [2.24, 2.45) is 0 Å². The highest BCUT2D eigenvalue weighted by molar-refractivity contribution is 6.81. The number of hydrogen-bond donors (Lipinski definition) is 1. The second-order valence-corrected chi connectivity index (χ2v) is 11.7. The van der Waals surface area contributed by atoms with Crippen LogP contribution in [-0.2, 0) is 4.79 Å². The molecule has 1 rings (SSSR count). The lowest BCUT2D eigenvalue weighted by atomic mass is 10.2. The lowest BCUT2D eigenvalue weighted by Crippen LogP contribution is -2.57. The molecule has 0 radical (unpaired) electrons. The Kier molecular flexibility index (Phi) is 3.31. The number of rotatable bonds is 3. The van der Waals surface area contributed by atoms with Gasteiger partial charge in [0.2, 0.25) is 5.91 Å². The largest absolute Gasteiger partial charge is 0.395 e. The van der Waals surface area contributed by atoms with Crippen LogP contribution in [0, 0.1) is 0 Å². The number of nitrogens with zero attached hydrogens (tertiary/aromatic N) is 1. The third kappa shape index (κ3) is 2.42. The number of hydrogen-bond acceptors (Lipinski definition) is 2. The summed E-state index contributed by atoms with van der Waals surface area (Å²) in [4.78, 5) is 12.9. The van der Waals surface area contributed by atoms with Crippen molar-refractivity contribution in [2.75, 3.05) is 13.1 Å². The molecule has 0 aliphatic carbocycles. The van der Waals surface area contributed by atoms with Crippen LogP contribution in [0.15, 0.2) is 0 Å². The third-order valence-corrected chi connectivity index (χ3v) is 9.82. The zero-order chi connectivity index (χ0) is 11.9. The van der Waals surface area contributed by atoms with Gasteiger partial charge in [0.25, 0.3) is 0 Å². The minimum Gasteiger partial charge on any atom is -0.395 e. The van der Waals surface area contributed by atoms with E-state index >= 15 is 0 Å². The molecular weight excluding hydrogens is 206 g/mol. The molecule has 1 aliphatic rings. The van der Waals surface area contributed by atoms with Gasteiger partial charge in [-0.25, -0.2) is 0 Å². The molecule has 1 N–H and O–H groups in total. The quantitative estimate of drug-likeness (QED) is 0.590. The highest BCUT2D eigenvalue weighted by atomic mass is 28.3. The van der Waals surface area contributed by atoms with Crippen molar-refractivity contribution in [1.29, 1.82) is 0 Å². The van der Waals surface area contributed by atoms with E-state index in [-0.39, 0.29) is 16.7 Å². The van der Waals surface area contributed by atoms with Crippen LogP contribution in [0.1, 0.15) is 27.2 Å². The van der Waals surface area contributed by atoms with Crippen molar-refractivity contribution >= 4 is 14.0 Å². The first kappa shape index (κ1) is 12.7. The molecule has 0 bridgehead atoms. The van der Waals surface area contributed by atoms with Gasteiger partial charge in [-0.3, -0.25) is 4.79 Å². The Morgan fingerprint density at radius 2 is 2.00 bits per heavy atom. The molecule has 1 aliphatic heterocycles. The topological polar surface area (TPSA) is 40.5 Å². The van der Waals surface area contributed by atoms with E-state index in [4.69, 9.17) is 0 Å². The molecule has 1 amide bonds. The van der Waals surface area contributed by atoms with E-state index < -0.39 is 8.07 Å². The van der Waals surface area contributed by atoms with Crippen molar-refractivity contribution in [3.63, 3.8) is 0 Å². The predicted molar refractivity (Wildman–Crippen MR) is 64.4 cm³/mol. The highest BCUT2D eigenvalue weighted by Crippen LogP contribution is 2.38. The SMILES string of the molecule is CC(C)(C)[Si](C)(C)C(O)CN1CCC1=O. The maximum absolute atomic E-state index is 11.2. The molecule has 1 unspecified atom stereocenters. The summed E-state index contributed by atoms with van der Waals surface area (Å²) in [6.45, 7) is 12.3. The van der Waals surface area contributed by atoms with E-state index in [1.165, 1.54) is 0 Å². The van der Waals surface area contributed by atoms with E-state index in [9.17, 15) is 9.90 Å².